The van der Waals surface area contributed by atoms with Crippen LogP contribution in [0.15, 0.2) is 54.6 Å². The zero-order chi connectivity index (χ0) is 21.0. The van der Waals surface area contributed by atoms with Crippen molar-refractivity contribution >= 4 is 11.7 Å². The molecule has 0 unspecified atom stereocenters. The fourth-order valence-corrected chi connectivity index (χ4v) is 3.53. The third-order valence-corrected chi connectivity index (χ3v) is 5.21. The minimum Gasteiger partial charge on any atom is -0.481 e. The first-order valence-electron chi connectivity index (χ1n) is 10.00. The van der Waals surface area contributed by atoms with Crippen molar-refractivity contribution in [3.63, 3.8) is 0 Å². The molecule has 1 amide bonds. The Morgan fingerprint density at radius 3 is 2.66 bits per heavy atom. The average Bonchev–Trinajstić information content (AvgIpc) is 3.07. The highest BCUT2D eigenvalue weighted by atomic mass is 16.5. The van der Waals surface area contributed by atoms with Crippen molar-refractivity contribution in [2.75, 3.05) is 0 Å². The lowest BCUT2D eigenvalue weighted by atomic mass is 9.98. The molecule has 3 rings (SSSR count). The summed E-state index contributed by atoms with van der Waals surface area (Å²) in [5, 5.41) is 0. The van der Waals surface area contributed by atoms with Gasteiger partial charge in [0.15, 0.2) is 11.5 Å². The fraction of sp³-hybridized carbons (Fsp3) is 0.435. The summed E-state index contributed by atoms with van der Waals surface area (Å²) < 4.78 is 7.77. The quantitative estimate of drug-likeness (QED) is 0.721. The van der Waals surface area contributed by atoms with Gasteiger partial charge in [0.25, 0.3) is 5.91 Å². The van der Waals surface area contributed by atoms with E-state index in [-0.39, 0.29) is 29.9 Å². The van der Waals surface area contributed by atoms with E-state index in [1.807, 2.05) is 56.8 Å². The molecule has 2 heterocycles. The Balaban J connectivity index is 1.81. The van der Waals surface area contributed by atoms with Gasteiger partial charge in [0, 0.05) is 38.0 Å². The van der Waals surface area contributed by atoms with E-state index in [1.54, 1.807) is 11.1 Å². The number of allylic oxidation sites excluding steroid dienone is 1. The fourth-order valence-electron chi connectivity index (χ4n) is 3.53. The van der Waals surface area contributed by atoms with Crippen molar-refractivity contribution in [3.8, 4) is 0 Å². The molecule has 1 aromatic heterocycles. The molecule has 0 spiro atoms. The van der Waals surface area contributed by atoms with Crippen LogP contribution in [0.1, 0.15) is 45.0 Å². The average molecular weight is 396 g/mol. The normalized spacial score (nSPS) is 16.7. The zero-order valence-corrected chi connectivity index (χ0v) is 17.6. The van der Waals surface area contributed by atoms with Crippen molar-refractivity contribution in [2.45, 2.75) is 58.2 Å². The van der Waals surface area contributed by atoms with Crippen LogP contribution in [0.3, 0.4) is 0 Å². The molecule has 0 bridgehead atoms. The molecule has 0 radical (unpaired) electrons. The Morgan fingerprint density at radius 1 is 1.31 bits per heavy atom. The molecule has 1 aliphatic heterocycles. The number of ether oxygens (including phenoxy) is 1. The molecule has 0 saturated heterocycles. The summed E-state index contributed by atoms with van der Waals surface area (Å²) in [6.45, 7) is 6.04. The van der Waals surface area contributed by atoms with Crippen molar-refractivity contribution in [1.29, 1.82) is 0 Å². The number of aryl methyl sites for hydroxylation is 2. The maximum Gasteiger partial charge on any atom is 0.289 e. The molecular weight excluding hydrogens is 366 g/mol. The van der Waals surface area contributed by atoms with Gasteiger partial charge in [-0.05, 0) is 39.2 Å². The summed E-state index contributed by atoms with van der Waals surface area (Å²) in [6, 6.07) is 10.2. The van der Waals surface area contributed by atoms with E-state index >= 15 is 0 Å². The zero-order valence-electron chi connectivity index (χ0n) is 17.6. The molecule has 1 atom stereocenters. The highest BCUT2D eigenvalue weighted by molar-refractivity contribution is 6.01. The number of carbonyl (C=O) groups is 2. The number of imidazole rings is 1. The van der Waals surface area contributed by atoms with Gasteiger partial charge in [-0.15, -0.1) is 0 Å². The SMILES string of the molecule is C[C@@H](CCc1ccccc1)N(Cc1nccn1C)C(=O)C1=CC(=O)CC(C)(C)O1. The van der Waals surface area contributed by atoms with Crippen molar-refractivity contribution < 1.29 is 14.3 Å². The number of hydrogen-bond acceptors (Lipinski definition) is 4. The van der Waals surface area contributed by atoms with Crippen LogP contribution < -0.4 is 0 Å². The largest absolute Gasteiger partial charge is 0.481 e. The van der Waals surface area contributed by atoms with Gasteiger partial charge in [0.1, 0.15) is 11.4 Å². The number of amides is 1. The first kappa shape index (κ1) is 20.8. The molecule has 6 heteroatoms. The van der Waals surface area contributed by atoms with Gasteiger partial charge < -0.3 is 14.2 Å². The summed E-state index contributed by atoms with van der Waals surface area (Å²) in [4.78, 5) is 31.6. The lowest BCUT2D eigenvalue weighted by Crippen LogP contribution is -2.43. The smallest absolute Gasteiger partial charge is 0.289 e. The minimum atomic E-state index is -0.682. The summed E-state index contributed by atoms with van der Waals surface area (Å²) in [5.74, 6) is 0.548. The highest BCUT2D eigenvalue weighted by Gasteiger charge is 2.35. The minimum absolute atomic E-state index is 0.0518. The molecule has 6 nitrogen and oxygen atoms in total. The Bertz CT molecular complexity index is 899. The topological polar surface area (TPSA) is 64.4 Å². The lowest BCUT2D eigenvalue weighted by Gasteiger charge is -2.34. The first-order valence-corrected chi connectivity index (χ1v) is 10.00. The molecule has 0 saturated carbocycles. The standard InChI is InChI=1S/C23H29N3O3/c1-17(10-11-18-8-6-5-7-9-18)26(16-21-24-12-13-25(21)4)22(28)20-14-19(27)15-23(2,3)29-20/h5-9,12-14,17H,10-11,15-16H2,1-4H3/t17-/m0/s1. The van der Waals surface area contributed by atoms with Crippen LogP contribution in [0.5, 0.6) is 0 Å². The van der Waals surface area contributed by atoms with Gasteiger partial charge in [-0.25, -0.2) is 4.98 Å². The van der Waals surface area contributed by atoms with Gasteiger partial charge in [-0.3, -0.25) is 9.59 Å². The van der Waals surface area contributed by atoms with Gasteiger partial charge in [0.05, 0.1) is 6.54 Å². The third kappa shape index (κ3) is 5.34. The van der Waals surface area contributed by atoms with Crippen molar-refractivity contribution in [3.05, 3.63) is 65.9 Å². The number of nitrogens with zero attached hydrogens (tertiary/aromatic N) is 3. The second-order valence-corrected chi connectivity index (χ2v) is 8.27. The van der Waals surface area contributed by atoms with Gasteiger partial charge in [-0.2, -0.15) is 0 Å². The maximum absolute atomic E-state index is 13.4. The number of ketones is 1. The maximum atomic E-state index is 13.4. The summed E-state index contributed by atoms with van der Waals surface area (Å²) in [5.41, 5.74) is 0.548. The Hall–Kier alpha value is -2.89. The molecule has 0 fully saturated rings. The Morgan fingerprint density at radius 2 is 2.03 bits per heavy atom. The monoisotopic (exact) mass is 395 g/mol. The van der Waals surface area contributed by atoms with E-state index in [2.05, 4.69) is 17.1 Å². The lowest BCUT2D eigenvalue weighted by molar-refractivity contribution is -0.140. The summed E-state index contributed by atoms with van der Waals surface area (Å²) in [7, 11) is 1.91. The molecular formula is C23H29N3O3. The molecule has 0 aliphatic carbocycles. The number of carbonyl (C=O) groups excluding carboxylic acids is 2. The molecule has 154 valence electrons. The van der Waals surface area contributed by atoms with Crippen LogP contribution in [0.4, 0.5) is 0 Å². The Labute approximate surface area is 172 Å². The predicted molar refractivity (Wildman–Crippen MR) is 111 cm³/mol. The van der Waals surface area contributed by atoms with Crippen LogP contribution in [-0.4, -0.2) is 37.8 Å². The molecule has 2 aromatic rings. The van der Waals surface area contributed by atoms with E-state index in [0.717, 1.165) is 18.7 Å². The van der Waals surface area contributed by atoms with E-state index in [0.29, 0.717) is 6.54 Å². The third-order valence-electron chi connectivity index (χ3n) is 5.21. The van der Waals surface area contributed by atoms with Crippen molar-refractivity contribution in [1.82, 2.24) is 14.5 Å². The van der Waals surface area contributed by atoms with Crippen LogP contribution in [0.2, 0.25) is 0 Å². The predicted octanol–water partition coefficient (Wildman–Crippen LogP) is 3.42. The number of hydrogen-bond donors (Lipinski definition) is 0. The molecule has 0 N–H and O–H groups in total. The summed E-state index contributed by atoms with van der Waals surface area (Å²) in [6.07, 6.45) is 6.84. The summed E-state index contributed by atoms with van der Waals surface area (Å²) >= 11 is 0. The molecule has 29 heavy (non-hydrogen) atoms. The van der Waals surface area contributed by atoms with Crippen LogP contribution in [0, 0.1) is 0 Å². The molecule has 1 aliphatic rings. The van der Waals surface area contributed by atoms with E-state index in [4.69, 9.17) is 4.74 Å². The van der Waals surface area contributed by atoms with Crippen LogP contribution in [0.25, 0.3) is 0 Å². The van der Waals surface area contributed by atoms with Crippen LogP contribution in [-0.2, 0) is 34.3 Å². The van der Waals surface area contributed by atoms with Gasteiger partial charge >= 0.3 is 0 Å². The second-order valence-electron chi connectivity index (χ2n) is 8.27. The van der Waals surface area contributed by atoms with E-state index in [1.165, 1.54) is 11.6 Å². The van der Waals surface area contributed by atoms with Crippen molar-refractivity contribution in [2.24, 2.45) is 7.05 Å². The second kappa shape index (κ2) is 8.64. The highest BCUT2D eigenvalue weighted by Crippen LogP contribution is 2.27. The van der Waals surface area contributed by atoms with E-state index < -0.39 is 5.60 Å². The van der Waals surface area contributed by atoms with Gasteiger partial charge in [-0.1, -0.05) is 30.3 Å². The van der Waals surface area contributed by atoms with E-state index in [9.17, 15) is 9.59 Å². The number of benzene rings is 1. The first-order chi connectivity index (χ1) is 13.7. The Kier molecular flexibility index (Phi) is 6.20. The molecule has 1 aromatic carbocycles. The number of aromatic nitrogens is 2. The number of rotatable bonds is 7. The van der Waals surface area contributed by atoms with Crippen LogP contribution >= 0.6 is 0 Å². The van der Waals surface area contributed by atoms with Gasteiger partial charge in [0.2, 0.25) is 0 Å².